The maximum atomic E-state index is 13.6. The Morgan fingerprint density at radius 1 is 1.60 bits per heavy atom. The van der Waals surface area contributed by atoms with Crippen molar-refractivity contribution in [1.29, 1.82) is 0 Å². The zero-order valence-corrected chi connectivity index (χ0v) is 9.41. The lowest BCUT2D eigenvalue weighted by Crippen LogP contribution is -2.44. The van der Waals surface area contributed by atoms with Crippen LogP contribution in [0.4, 0.5) is 4.39 Å². The molecule has 1 rings (SSSR count). The first kappa shape index (κ1) is 12.2. The van der Waals surface area contributed by atoms with E-state index in [1.807, 2.05) is 0 Å². The highest BCUT2D eigenvalue weighted by atomic mass is 19.1. The number of allylic oxidation sites excluding steroid dienone is 1. The molecule has 0 aromatic rings. The Labute approximate surface area is 90.6 Å². The number of rotatable bonds is 3. The SMILES string of the molecule is C/C=C(/N)N=CC(F)C1CCC(C)CN1. The Kier molecular flexibility index (Phi) is 4.75. The molecule has 0 spiro atoms. The van der Waals surface area contributed by atoms with Crippen LogP contribution in [0, 0.1) is 5.92 Å². The number of nitrogens with one attached hydrogen (secondary N) is 1. The summed E-state index contributed by atoms with van der Waals surface area (Å²) in [6.45, 7) is 4.83. The number of nitrogens with zero attached hydrogens (tertiary/aromatic N) is 1. The molecular weight excluding hydrogens is 193 g/mol. The normalized spacial score (nSPS) is 30.7. The highest BCUT2D eigenvalue weighted by Gasteiger charge is 2.23. The minimum absolute atomic E-state index is 0.102. The van der Waals surface area contributed by atoms with Gasteiger partial charge in [0.25, 0.3) is 0 Å². The number of hydrogen-bond acceptors (Lipinski definition) is 3. The minimum atomic E-state index is -1.05. The summed E-state index contributed by atoms with van der Waals surface area (Å²) in [5, 5.41) is 3.18. The molecule has 0 aromatic heterocycles. The fourth-order valence-corrected chi connectivity index (χ4v) is 1.63. The maximum Gasteiger partial charge on any atom is 0.150 e. The first-order valence-electron chi connectivity index (χ1n) is 5.47. The lowest BCUT2D eigenvalue weighted by atomic mass is 9.94. The van der Waals surface area contributed by atoms with Crippen molar-refractivity contribution in [2.24, 2.45) is 16.6 Å². The molecule has 3 nitrogen and oxygen atoms in total. The van der Waals surface area contributed by atoms with Crippen molar-refractivity contribution >= 4 is 6.21 Å². The van der Waals surface area contributed by atoms with Crippen LogP contribution in [-0.2, 0) is 0 Å². The van der Waals surface area contributed by atoms with Crippen LogP contribution < -0.4 is 11.1 Å². The first-order chi connectivity index (χ1) is 7.13. The van der Waals surface area contributed by atoms with Gasteiger partial charge < -0.3 is 11.1 Å². The van der Waals surface area contributed by atoms with E-state index in [2.05, 4.69) is 17.2 Å². The van der Waals surface area contributed by atoms with Crippen LogP contribution in [0.1, 0.15) is 26.7 Å². The first-order valence-corrected chi connectivity index (χ1v) is 5.47. The molecule has 15 heavy (non-hydrogen) atoms. The predicted molar refractivity (Wildman–Crippen MR) is 61.5 cm³/mol. The van der Waals surface area contributed by atoms with E-state index >= 15 is 0 Å². The van der Waals surface area contributed by atoms with Gasteiger partial charge in [-0.2, -0.15) is 0 Å². The molecular formula is C11H20FN3. The molecule has 1 aliphatic rings. The van der Waals surface area contributed by atoms with Gasteiger partial charge in [-0.15, -0.1) is 0 Å². The lowest BCUT2D eigenvalue weighted by Gasteiger charge is -2.28. The Morgan fingerprint density at radius 3 is 2.87 bits per heavy atom. The molecule has 1 heterocycles. The Balaban J connectivity index is 2.40. The molecule has 0 aliphatic carbocycles. The van der Waals surface area contributed by atoms with E-state index in [0.29, 0.717) is 11.7 Å². The van der Waals surface area contributed by atoms with Crippen LogP contribution in [0.5, 0.6) is 0 Å². The number of aliphatic imine (C=N–C) groups is 1. The third-order valence-corrected chi connectivity index (χ3v) is 2.75. The van der Waals surface area contributed by atoms with E-state index in [-0.39, 0.29) is 6.04 Å². The average Bonchev–Trinajstić information content (AvgIpc) is 2.26. The molecule has 1 fully saturated rings. The van der Waals surface area contributed by atoms with E-state index in [9.17, 15) is 4.39 Å². The second-order valence-electron chi connectivity index (χ2n) is 4.13. The molecule has 1 aliphatic heterocycles. The van der Waals surface area contributed by atoms with Crippen LogP contribution in [0.2, 0.25) is 0 Å². The van der Waals surface area contributed by atoms with Crippen molar-refractivity contribution in [3.05, 3.63) is 11.9 Å². The Hall–Kier alpha value is -0.900. The third-order valence-electron chi connectivity index (χ3n) is 2.75. The smallest absolute Gasteiger partial charge is 0.150 e. The van der Waals surface area contributed by atoms with Crippen molar-refractivity contribution in [3.63, 3.8) is 0 Å². The number of alkyl halides is 1. The zero-order valence-electron chi connectivity index (χ0n) is 9.41. The van der Waals surface area contributed by atoms with Crippen molar-refractivity contribution in [3.8, 4) is 0 Å². The Morgan fingerprint density at radius 2 is 2.33 bits per heavy atom. The molecule has 0 aromatic carbocycles. The van der Waals surface area contributed by atoms with Gasteiger partial charge in [-0.3, -0.25) is 0 Å². The maximum absolute atomic E-state index is 13.6. The molecule has 0 amide bonds. The van der Waals surface area contributed by atoms with Gasteiger partial charge in [-0.25, -0.2) is 9.38 Å². The summed E-state index contributed by atoms with van der Waals surface area (Å²) in [6, 6.07) is -0.102. The third kappa shape index (κ3) is 4.00. The van der Waals surface area contributed by atoms with E-state index in [0.717, 1.165) is 19.4 Å². The molecule has 3 N–H and O–H groups in total. The van der Waals surface area contributed by atoms with Gasteiger partial charge in [0.1, 0.15) is 5.82 Å². The highest BCUT2D eigenvalue weighted by molar-refractivity contribution is 5.65. The topological polar surface area (TPSA) is 50.4 Å². The van der Waals surface area contributed by atoms with Crippen molar-refractivity contribution in [2.45, 2.75) is 38.9 Å². The van der Waals surface area contributed by atoms with Crippen LogP contribution in [0.25, 0.3) is 0 Å². The molecule has 0 bridgehead atoms. The second-order valence-corrected chi connectivity index (χ2v) is 4.13. The molecule has 86 valence electrons. The standard InChI is InChI=1S/C11H20FN3/c1-3-11(13)15-7-9(12)10-5-4-8(2)6-14-10/h3,7-10,14H,4-6,13H2,1-2H3/b11-3-,15-7?. The molecule has 0 radical (unpaired) electrons. The van der Waals surface area contributed by atoms with E-state index in [4.69, 9.17) is 5.73 Å². The largest absolute Gasteiger partial charge is 0.384 e. The van der Waals surface area contributed by atoms with Crippen molar-refractivity contribution < 1.29 is 4.39 Å². The number of nitrogens with two attached hydrogens (primary N) is 1. The van der Waals surface area contributed by atoms with Crippen molar-refractivity contribution in [2.75, 3.05) is 6.54 Å². The van der Waals surface area contributed by atoms with Gasteiger partial charge in [0.05, 0.1) is 0 Å². The molecule has 4 heteroatoms. The minimum Gasteiger partial charge on any atom is -0.384 e. The van der Waals surface area contributed by atoms with E-state index in [1.165, 1.54) is 6.21 Å². The summed E-state index contributed by atoms with van der Waals surface area (Å²) in [4.78, 5) is 3.84. The van der Waals surface area contributed by atoms with Gasteiger partial charge in [-0.1, -0.05) is 6.92 Å². The lowest BCUT2D eigenvalue weighted by molar-refractivity contribution is 0.247. The quantitative estimate of drug-likeness (QED) is 0.700. The fourth-order valence-electron chi connectivity index (χ4n) is 1.63. The zero-order chi connectivity index (χ0) is 11.3. The van der Waals surface area contributed by atoms with Crippen LogP contribution >= 0.6 is 0 Å². The second kappa shape index (κ2) is 5.85. The van der Waals surface area contributed by atoms with Gasteiger partial charge in [0.15, 0.2) is 6.17 Å². The van der Waals surface area contributed by atoms with Gasteiger partial charge in [0.2, 0.25) is 0 Å². The molecule has 0 saturated carbocycles. The number of piperidine rings is 1. The predicted octanol–water partition coefficient (Wildman–Crippen LogP) is 1.60. The monoisotopic (exact) mass is 213 g/mol. The summed E-state index contributed by atoms with van der Waals surface area (Å²) in [7, 11) is 0. The number of hydrogen-bond donors (Lipinski definition) is 2. The molecule has 3 atom stereocenters. The van der Waals surface area contributed by atoms with E-state index in [1.54, 1.807) is 13.0 Å². The molecule has 3 unspecified atom stereocenters. The van der Waals surface area contributed by atoms with Gasteiger partial charge in [-0.05, 0) is 38.3 Å². The highest BCUT2D eigenvalue weighted by Crippen LogP contribution is 2.16. The fraction of sp³-hybridized carbons (Fsp3) is 0.727. The molecule has 1 saturated heterocycles. The average molecular weight is 213 g/mol. The summed E-state index contributed by atoms with van der Waals surface area (Å²) in [5.41, 5.74) is 5.45. The summed E-state index contributed by atoms with van der Waals surface area (Å²) < 4.78 is 13.6. The number of halogens is 1. The van der Waals surface area contributed by atoms with E-state index < -0.39 is 6.17 Å². The van der Waals surface area contributed by atoms with Crippen LogP contribution in [-0.4, -0.2) is 25.0 Å². The van der Waals surface area contributed by atoms with Crippen molar-refractivity contribution in [1.82, 2.24) is 5.32 Å². The van der Waals surface area contributed by atoms with Gasteiger partial charge >= 0.3 is 0 Å². The Bertz CT molecular complexity index is 242. The summed E-state index contributed by atoms with van der Waals surface area (Å²) in [6.07, 6.45) is 3.84. The van der Waals surface area contributed by atoms with Gasteiger partial charge in [0, 0.05) is 12.3 Å². The summed E-state index contributed by atoms with van der Waals surface area (Å²) in [5.74, 6) is 1.01. The summed E-state index contributed by atoms with van der Waals surface area (Å²) >= 11 is 0. The van der Waals surface area contributed by atoms with Crippen LogP contribution in [0.3, 0.4) is 0 Å². The van der Waals surface area contributed by atoms with Crippen LogP contribution in [0.15, 0.2) is 16.9 Å².